The normalized spacial score (nSPS) is 21.2. The highest BCUT2D eigenvalue weighted by molar-refractivity contribution is 6.00. The molecule has 0 unspecified atom stereocenters. The first-order valence-electron chi connectivity index (χ1n) is 14.6. The van der Waals surface area contributed by atoms with Crippen LogP contribution in [0.15, 0.2) is 54.7 Å². The van der Waals surface area contributed by atoms with Gasteiger partial charge in [0.05, 0.1) is 31.0 Å². The Morgan fingerprint density at radius 1 is 0.955 bits per heavy atom. The number of ether oxygens (including phenoxy) is 1. The van der Waals surface area contributed by atoms with Crippen LogP contribution in [0.1, 0.15) is 48.0 Å². The Bertz CT molecular complexity index is 1470. The number of hydrogen-bond donors (Lipinski definition) is 5. The van der Waals surface area contributed by atoms with E-state index < -0.39 is 47.9 Å². The number of carbonyl (C=O) groups excluding carboxylic acids is 4. The van der Waals surface area contributed by atoms with Crippen LogP contribution >= 0.6 is 0 Å². The maximum Gasteiger partial charge on any atom is 0.255 e. The Labute approximate surface area is 255 Å². The van der Waals surface area contributed by atoms with E-state index >= 15 is 0 Å². The molecule has 2 aromatic carbocycles. The minimum Gasteiger partial charge on any atom is -0.491 e. The molecule has 1 aliphatic rings. The van der Waals surface area contributed by atoms with Crippen LogP contribution in [0.3, 0.4) is 0 Å². The maximum atomic E-state index is 13.5. The number of carbonyl (C=O) groups is 4. The van der Waals surface area contributed by atoms with Crippen LogP contribution in [0.5, 0.6) is 5.75 Å². The minimum absolute atomic E-state index is 0.0514. The van der Waals surface area contributed by atoms with Crippen LogP contribution in [-0.2, 0) is 33.9 Å². The lowest BCUT2D eigenvalue weighted by molar-refractivity contribution is -0.135. The molecule has 4 amide bonds. The lowest BCUT2D eigenvalue weighted by atomic mass is 10.0. The predicted octanol–water partition coefficient (Wildman–Crippen LogP) is 0.643. The highest BCUT2D eigenvalue weighted by Crippen LogP contribution is 2.21. The van der Waals surface area contributed by atoms with Crippen LogP contribution < -0.4 is 26.0 Å². The van der Waals surface area contributed by atoms with E-state index in [0.29, 0.717) is 18.0 Å². The third kappa shape index (κ3) is 8.40. The van der Waals surface area contributed by atoms with Crippen LogP contribution in [0, 0.1) is 12.8 Å². The van der Waals surface area contributed by atoms with Gasteiger partial charge in [0, 0.05) is 6.42 Å². The van der Waals surface area contributed by atoms with Crippen molar-refractivity contribution in [1.82, 2.24) is 36.3 Å². The maximum absolute atomic E-state index is 13.5. The van der Waals surface area contributed by atoms with E-state index in [2.05, 4.69) is 31.6 Å². The fourth-order valence-corrected chi connectivity index (χ4v) is 4.75. The summed E-state index contributed by atoms with van der Waals surface area (Å²) in [4.78, 5) is 53.7. The lowest BCUT2D eigenvalue weighted by Gasteiger charge is -2.28. The van der Waals surface area contributed by atoms with Gasteiger partial charge in [0.25, 0.3) is 5.91 Å². The van der Waals surface area contributed by atoms with Crippen molar-refractivity contribution in [3.05, 3.63) is 77.1 Å². The van der Waals surface area contributed by atoms with Gasteiger partial charge in [0.1, 0.15) is 36.2 Å². The Morgan fingerprint density at radius 2 is 1.68 bits per heavy atom. The van der Waals surface area contributed by atoms with E-state index in [1.54, 1.807) is 36.9 Å². The van der Waals surface area contributed by atoms with Crippen molar-refractivity contribution >= 4 is 23.6 Å². The molecule has 0 spiro atoms. The van der Waals surface area contributed by atoms with E-state index in [0.717, 1.165) is 11.1 Å². The summed E-state index contributed by atoms with van der Waals surface area (Å²) in [6.07, 6.45) is 0.515. The zero-order valence-corrected chi connectivity index (χ0v) is 25.2. The van der Waals surface area contributed by atoms with Crippen molar-refractivity contribution in [3.8, 4) is 5.75 Å². The summed E-state index contributed by atoms with van der Waals surface area (Å²) in [6, 6.07) is 10.8. The van der Waals surface area contributed by atoms with Gasteiger partial charge in [-0.1, -0.05) is 61.0 Å². The molecule has 44 heavy (non-hydrogen) atoms. The number of aromatic nitrogens is 3. The molecule has 13 heteroatoms. The number of nitrogens with one attached hydrogen (secondary N) is 4. The molecule has 13 nitrogen and oxygen atoms in total. The number of rotatable bonds is 4. The summed E-state index contributed by atoms with van der Waals surface area (Å²) < 4.78 is 7.49. The highest BCUT2D eigenvalue weighted by Gasteiger charge is 2.34. The SMILES string of the molecule is Cc1ccc2c(c1)C(=O)N[C@@H](C(C)C)C(=O)N[C@@H]([C@@H](C)O)C(=O)N[C@@H](Cc1ccccc1)C(=O)NCc1cn(nn1)CCO2. The van der Waals surface area contributed by atoms with Gasteiger partial charge in [-0.05, 0) is 37.5 Å². The first-order chi connectivity index (χ1) is 21.0. The Kier molecular flexibility index (Phi) is 10.7. The summed E-state index contributed by atoms with van der Waals surface area (Å²) in [5, 5.41) is 29.5. The Hall–Kier alpha value is -4.78. The minimum atomic E-state index is -1.41. The average Bonchev–Trinajstić information content (AvgIpc) is 3.44. The molecule has 1 aliphatic heterocycles. The molecular weight excluding hydrogens is 566 g/mol. The molecule has 4 atom stereocenters. The number of nitrogens with zero attached hydrogens (tertiary/aromatic N) is 3. The van der Waals surface area contributed by atoms with Crippen molar-refractivity contribution in [2.75, 3.05) is 6.61 Å². The first-order valence-corrected chi connectivity index (χ1v) is 14.6. The number of aryl methyl sites for hydroxylation is 1. The largest absolute Gasteiger partial charge is 0.491 e. The second kappa shape index (κ2) is 14.6. The van der Waals surface area contributed by atoms with Gasteiger partial charge in [-0.2, -0.15) is 0 Å². The number of fused-ring (bicyclic) bond motifs is 3. The fourth-order valence-electron chi connectivity index (χ4n) is 4.75. The standard InChI is InChI=1S/C31H39N7O6/c1-18(2)26-30(42)35-27(20(4)39)31(43)33-24(15-21-8-6-5-7-9-21)29(41)32-16-22-17-38(37-36-22)12-13-44-25-11-10-19(3)14-23(25)28(40)34-26/h5-11,14,17-18,20,24,26-27,39H,12-13,15-16H2,1-4H3,(H,32,41)(H,33,43)(H,34,40)(H,35,42)/t20-,24+,26+,27+/m1/s1. The molecule has 3 aromatic rings. The topological polar surface area (TPSA) is 177 Å². The van der Waals surface area contributed by atoms with Gasteiger partial charge in [-0.3, -0.25) is 19.2 Å². The van der Waals surface area contributed by atoms with Crippen LogP contribution in [0.2, 0.25) is 0 Å². The van der Waals surface area contributed by atoms with E-state index in [-0.39, 0.29) is 31.1 Å². The number of amides is 4. The molecule has 0 aliphatic carbocycles. The molecule has 234 valence electrons. The zero-order valence-electron chi connectivity index (χ0n) is 25.2. The molecule has 0 radical (unpaired) electrons. The van der Waals surface area contributed by atoms with Crippen LogP contribution in [-0.4, -0.2) is 74.6 Å². The van der Waals surface area contributed by atoms with E-state index in [1.807, 2.05) is 43.3 Å². The molecular formula is C31H39N7O6. The molecule has 0 fully saturated rings. The van der Waals surface area contributed by atoms with E-state index in [9.17, 15) is 24.3 Å². The van der Waals surface area contributed by atoms with Gasteiger partial charge < -0.3 is 31.1 Å². The Balaban J connectivity index is 1.66. The summed E-state index contributed by atoms with van der Waals surface area (Å²) >= 11 is 0. The second-order valence-electron chi connectivity index (χ2n) is 11.2. The predicted molar refractivity (Wildman–Crippen MR) is 160 cm³/mol. The van der Waals surface area contributed by atoms with Gasteiger partial charge in [0.15, 0.2) is 0 Å². The first kappa shape index (κ1) is 32.1. The van der Waals surface area contributed by atoms with Gasteiger partial charge in [-0.15, -0.1) is 5.10 Å². The van der Waals surface area contributed by atoms with E-state index in [4.69, 9.17) is 4.74 Å². The summed E-state index contributed by atoms with van der Waals surface area (Å²) in [6.45, 7) is 7.24. The average molecular weight is 606 g/mol. The Morgan fingerprint density at radius 3 is 2.39 bits per heavy atom. The quantitative estimate of drug-likeness (QED) is 0.288. The molecule has 0 saturated carbocycles. The second-order valence-corrected chi connectivity index (χ2v) is 11.2. The highest BCUT2D eigenvalue weighted by atomic mass is 16.5. The van der Waals surface area contributed by atoms with Gasteiger partial charge in [0.2, 0.25) is 17.7 Å². The third-order valence-electron chi connectivity index (χ3n) is 7.20. The number of aliphatic hydroxyl groups excluding tert-OH is 1. The summed E-state index contributed by atoms with van der Waals surface area (Å²) in [5.74, 6) is -2.49. The van der Waals surface area contributed by atoms with Gasteiger partial charge in [-0.25, -0.2) is 4.68 Å². The molecule has 1 aromatic heterocycles. The van der Waals surface area contributed by atoms with Crippen molar-refractivity contribution in [1.29, 1.82) is 0 Å². The van der Waals surface area contributed by atoms with Crippen molar-refractivity contribution in [2.24, 2.45) is 5.92 Å². The monoisotopic (exact) mass is 605 g/mol. The van der Waals surface area contributed by atoms with Crippen molar-refractivity contribution in [3.63, 3.8) is 0 Å². The van der Waals surface area contributed by atoms with Gasteiger partial charge >= 0.3 is 0 Å². The fraction of sp³-hybridized carbons (Fsp3) is 0.419. The number of hydrogen-bond acceptors (Lipinski definition) is 8. The van der Waals surface area contributed by atoms with Crippen molar-refractivity contribution < 1.29 is 29.0 Å². The molecule has 0 saturated heterocycles. The van der Waals surface area contributed by atoms with Crippen molar-refractivity contribution in [2.45, 2.75) is 71.4 Å². The summed E-state index contributed by atoms with van der Waals surface area (Å²) in [5.41, 5.74) is 2.35. The number of aliphatic hydroxyl groups is 1. The molecule has 4 rings (SSSR count). The molecule has 2 heterocycles. The third-order valence-corrected chi connectivity index (χ3v) is 7.20. The smallest absolute Gasteiger partial charge is 0.255 e. The lowest BCUT2D eigenvalue weighted by Crippen LogP contribution is -2.60. The van der Waals surface area contributed by atoms with E-state index in [1.165, 1.54) is 6.92 Å². The summed E-state index contributed by atoms with van der Waals surface area (Å²) in [7, 11) is 0. The molecule has 2 bridgehead atoms. The molecule has 5 N–H and O–H groups in total. The van der Waals surface area contributed by atoms with Crippen LogP contribution in [0.25, 0.3) is 0 Å². The zero-order chi connectivity index (χ0) is 31.8. The number of benzene rings is 2. The van der Waals surface area contributed by atoms with Crippen LogP contribution in [0.4, 0.5) is 0 Å².